The van der Waals surface area contributed by atoms with Crippen LogP contribution in [0.5, 0.6) is 0 Å². The van der Waals surface area contributed by atoms with Crippen LogP contribution in [0.4, 0.5) is 0 Å². The Hall–Kier alpha value is -0.0500. The third kappa shape index (κ3) is 7.47. The van der Waals surface area contributed by atoms with Gasteiger partial charge in [0.15, 0.2) is 6.29 Å². The number of aliphatic hydroxyl groups is 7. The number of ether oxygens (including phenoxy) is 3. The number of rotatable bonds is 13. The zero-order valence-electron chi connectivity index (χ0n) is 18.6. The van der Waals surface area contributed by atoms with Crippen LogP contribution in [0.25, 0.3) is 0 Å². The van der Waals surface area contributed by atoms with E-state index in [9.17, 15) is 35.7 Å². The highest BCUT2D eigenvalue weighted by molar-refractivity contribution is 7.99. The fraction of sp³-hybridized carbons (Fsp3) is 1.00. The summed E-state index contributed by atoms with van der Waals surface area (Å²) in [6, 6.07) is 0. The van der Waals surface area contributed by atoms with Crippen LogP contribution < -0.4 is 0 Å². The van der Waals surface area contributed by atoms with Crippen molar-refractivity contribution < 1.29 is 50.0 Å². The van der Waals surface area contributed by atoms with Gasteiger partial charge in [0.2, 0.25) is 0 Å². The molecule has 32 heavy (non-hydrogen) atoms. The molecule has 2 saturated heterocycles. The Morgan fingerprint density at radius 3 is 1.94 bits per heavy atom. The predicted octanol–water partition coefficient (Wildman–Crippen LogP) is -0.906. The average molecular weight is 485 g/mol. The molecule has 0 aromatic heterocycles. The zero-order valence-corrected chi connectivity index (χ0v) is 19.4. The van der Waals surface area contributed by atoms with Gasteiger partial charge in [0.05, 0.1) is 13.2 Å². The number of unbranched alkanes of at least 4 members (excludes halogenated alkanes) is 6. The van der Waals surface area contributed by atoms with Crippen LogP contribution in [-0.2, 0) is 14.2 Å². The summed E-state index contributed by atoms with van der Waals surface area (Å²) >= 11 is 1.36. The van der Waals surface area contributed by atoms with Gasteiger partial charge in [0, 0.05) is 0 Å². The number of thioether (sulfide) groups is 1. The summed E-state index contributed by atoms with van der Waals surface area (Å²) in [5.74, 6) is 0.735. The predicted molar refractivity (Wildman–Crippen MR) is 117 cm³/mol. The Morgan fingerprint density at radius 2 is 1.31 bits per heavy atom. The van der Waals surface area contributed by atoms with Gasteiger partial charge in [-0.2, -0.15) is 0 Å². The molecule has 11 heteroatoms. The first-order valence-corrected chi connectivity index (χ1v) is 12.6. The first kappa shape index (κ1) is 28.2. The summed E-state index contributed by atoms with van der Waals surface area (Å²) in [4.78, 5) is 0. The zero-order chi connectivity index (χ0) is 23.7. The Balaban J connectivity index is 1.86. The fourth-order valence-electron chi connectivity index (χ4n) is 3.95. The van der Waals surface area contributed by atoms with Crippen molar-refractivity contribution in [2.45, 2.75) is 112 Å². The minimum atomic E-state index is -1.67. The molecule has 7 N–H and O–H groups in total. The van der Waals surface area contributed by atoms with E-state index in [0.29, 0.717) is 0 Å². The molecule has 2 aliphatic heterocycles. The van der Waals surface area contributed by atoms with Crippen LogP contribution in [0, 0.1) is 0 Å². The number of aliphatic hydroxyl groups excluding tert-OH is 7. The van der Waals surface area contributed by atoms with Gasteiger partial charge >= 0.3 is 0 Å². The minimum Gasteiger partial charge on any atom is -0.394 e. The molecule has 0 aromatic carbocycles. The molecule has 2 fully saturated rings. The van der Waals surface area contributed by atoms with Crippen molar-refractivity contribution in [2.24, 2.45) is 0 Å². The normalized spacial score (nSPS) is 40.5. The summed E-state index contributed by atoms with van der Waals surface area (Å²) in [6.45, 7) is 1.04. The Bertz CT molecular complexity index is 511. The Labute approximate surface area is 193 Å². The maximum Gasteiger partial charge on any atom is 0.187 e. The molecule has 0 spiro atoms. The molecule has 0 aliphatic carbocycles. The van der Waals surface area contributed by atoms with E-state index < -0.39 is 73.8 Å². The molecular formula is C21H40O10S. The lowest BCUT2D eigenvalue weighted by molar-refractivity contribution is -0.338. The van der Waals surface area contributed by atoms with Gasteiger partial charge in [0.25, 0.3) is 0 Å². The van der Waals surface area contributed by atoms with Gasteiger partial charge in [0.1, 0.15) is 54.3 Å². The average Bonchev–Trinajstić information content (AvgIpc) is 2.79. The molecule has 0 aromatic rings. The van der Waals surface area contributed by atoms with E-state index in [1.54, 1.807) is 0 Å². The van der Waals surface area contributed by atoms with E-state index in [1.165, 1.54) is 37.4 Å². The largest absolute Gasteiger partial charge is 0.394 e. The van der Waals surface area contributed by atoms with Gasteiger partial charge < -0.3 is 50.0 Å². The van der Waals surface area contributed by atoms with Crippen molar-refractivity contribution in [2.75, 3.05) is 19.0 Å². The van der Waals surface area contributed by atoms with Gasteiger partial charge in [-0.3, -0.25) is 0 Å². The third-order valence-corrected chi connectivity index (χ3v) is 7.23. The topological polar surface area (TPSA) is 169 Å². The molecule has 0 saturated carbocycles. The maximum absolute atomic E-state index is 10.6. The molecule has 10 atom stereocenters. The van der Waals surface area contributed by atoms with E-state index in [2.05, 4.69) is 6.92 Å². The lowest BCUT2D eigenvalue weighted by Gasteiger charge is -2.46. The quantitative estimate of drug-likeness (QED) is 0.162. The molecule has 2 heterocycles. The molecule has 4 unspecified atom stereocenters. The minimum absolute atomic E-state index is 0.514. The SMILES string of the molecule is CCCCCCCCCS[C@@H]1OC(CO)[C@H](O[C@@H]2OC(CO)[C@H](O)[C@H](O)C2O)C(O)[C@@H]1O. The second kappa shape index (κ2) is 14.4. The Morgan fingerprint density at radius 1 is 0.688 bits per heavy atom. The first-order chi connectivity index (χ1) is 15.3. The summed E-state index contributed by atoms with van der Waals surface area (Å²) in [5, 5.41) is 70.1. The van der Waals surface area contributed by atoms with Crippen LogP contribution >= 0.6 is 11.8 Å². The van der Waals surface area contributed by atoms with Gasteiger partial charge in [-0.15, -0.1) is 11.8 Å². The first-order valence-electron chi connectivity index (χ1n) is 11.6. The van der Waals surface area contributed by atoms with Crippen LogP contribution in [0.3, 0.4) is 0 Å². The molecule has 190 valence electrons. The van der Waals surface area contributed by atoms with Crippen molar-refractivity contribution in [3.8, 4) is 0 Å². The maximum atomic E-state index is 10.6. The van der Waals surface area contributed by atoms with Gasteiger partial charge in [-0.1, -0.05) is 45.4 Å². The van der Waals surface area contributed by atoms with Crippen molar-refractivity contribution in [3.05, 3.63) is 0 Å². The van der Waals surface area contributed by atoms with E-state index in [-0.39, 0.29) is 0 Å². The highest BCUT2D eigenvalue weighted by Crippen LogP contribution is 2.33. The van der Waals surface area contributed by atoms with E-state index in [1.807, 2.05) is 0 Å². The van der Waals surface area contributed by atoms with Gasteiger partial charge in [-0.25, -0.2) is 0 Å². The third-order valence-electron chi connectivity index (χ3n) is 5.99. The molecule has 0 radical (unpaired) electrons. The van der Waals surface area contributed by atoms with Gasteiger partial charge in [-0.05, 0) is 12.2 Å². The van der Waals surface area contributed by atoms with Crippen molar-refractivity contribution in [3.63, 3.8) is 0 Å². The highest BCUT2D eigenvalue weighted by Gasteiger charge is 2.50. The van der Waals surface area contributed by atoms with E-state index in [4.69, 9.17) is 14.2 Å². The second-order valence-corrected chi connectivity index (χ2v) is 9.70. The van der Waals surface area contributed by atoms with Crippen molar-refractivity contribution >= 4 is 11.8 Å². The molecule has 2 rings (SSSR count). The van der Waals surface area contributed by atoms with Crippen molar-refractivity contribution in [1.29, 1.82) is 0 Å². The van der Waals surface area contributed by atoms with Crippen LogP contribution in [0.15, 0.2) is 0 Å². The lowest BCUT2D eigenvalue weighted by atomic mass is 9.97. The second-order valence-electron chi connectivity index (χ2n) is 8.50. The molecule has 0 amide bonds. The summed E-state index contributed by atoms with van der Waals surface area (Å²) in [7, 11) is 0. The van der Waals surface area contributed by atoms with Crippen LogP contribution in [0.1, 0.15) is 51.9 Å². The molecule has 10 nitrogen and oxygen atoms in total. The number of hydrogen-bond donors (Lipinski definition) is 7. The Kier molecular flexibility index (Phi) is 12.7. The monoisotopic (exact) mass is 484 g/mol. The summed E-state index contributed by atoms with van der Waals surface area (Å²) in [5.41, 5.74) is -0.753. The van der Waals surface area contributed by atoms with Crippen LogP contribution in [0.2, 0.25) is 0 Å². The highest BCUT2D eigenvalue weighted by atomic mass is 32.2. The molecule has 0 bridgehead atoms. The molecular weight excluding hydrogens is 444 g/mol. The van der Waals surface area contributed by atoms with E-state index in [0.717, 1.165) is 25.0 Å². The summed E-state index contributed by atoms with van der Waals surface area (Å²) in [6.07, 6.45) is -4.45. The van der Waals surface area contributed by atoms with Crippen molar-refractivity contribution in [1.82, 2.24) is 0 Å². The summed E-state index contributed by atoms with van der Waals surface area (Å²) < 4.78 is 16.6. The standard InChI is InChI=1S/C21H40O10S/c1-2-3-4-5-6-7-8-9-32-21-18(28)16(26)19(13(11-23)30-21)31-20-17(27)15(25)14(24)12(10-22)29-20/h12-28H,2-11H2,1H3/t12?,13?,14-,15-,16?,17?,18-,19-,20-,21-/m0/s1. The fourth-order valence-corrected chi connectivity index (χ4v) is 5.13. The lowest BCUT2D eigenvalue weighted by Crippen LogP contribution is -2.64. The smallest absolute Gasteiger partial charge is 0.187 e. The van der Waals surface area contributed by atoms with E-state index >= 15 is 0 Å². The van der Waals surface area contributed by atoms with Crippen LogP contribution in [-0.4, -0.2) is 115 Å². The number of hydrogen-bond acceptors (Lipinski definition) is 11. The molecule has 2 aliphatic rings.